The number of carbonyl (C=O) groups excluding carboxylic acids is 1. The first-order valence-corrected chi connectivity index (χ1v) is 9.43. The van der Waals surface area contributed by atoms with E-state index in [-0.39, 0.29) is 11.9 Å². The van der Waals surface area contributed by atoms with Crippen LogP contribution in [0, 0.1) is 0 Å². The van der Waals surface area contributed by atoms with Crippen molar-refractivity contribution < 1.29 is 4.79 Å². The number of halogens is 2. The number of nitrogens with one attached hydrogen (secondary N) is 2. The van der Waals surface area contributed by atoms with Gasteiger partial charge in [0.1, 0.15) is 0 Å². The zero-order chi connectivity index (χ0) is 19.2. The average Bonchev–Trinajstić information content (AvgIpc) is 2.67. The first-order valence-electron chi connectivity index (χ1n) is 8.67. The van der Waals surface area contributed by atoms with Crippen molar-refractivity contribution in [3.8, 4) is 0 Å². The van der Waals surface area contributed by atoms with Crippen molar-refractivity contribution in [2.75, 3.05) is 5.32 Å². The van der Waals surface area contributed by atoms with Gasteiger partial charge < -0.3 is 10.6 Å². The van der Waals surface area contributed by atoms with Gasteiger partial charge in [-0.3, -0.25) is 4.79 Å². The van der Waals surface area contributed by atoms with E-state index in [0.717, 1.165) is 21.8 Å². The van der Waals surface area contributed by atoms with Gasteiger partial charge >= 0.3 is 0 Å². The summed E-state index contributed by atoms with van der Waals surface area (Å²) in [6.45, 7) is 2.73. The van der Waals surface area contributed by atoms with Crippen molar-refractivity contribution in [3.63, 3.8) is 0 Å². The second-order valence-corrected chi connectivity index (χ2v) is 7.07. The summed E-state index contributed by atoms with van der Waals surface area (Å²) < 4.78 is 0. The van der Waals surface area contributed by atoms with Gasteiger partial charge in [0, 0.05) is 23.3 Å². The highest BCUT2D eigenvalue weighted by Gasteiger charge is 2.11. The predicted molar refractivity (Wildman–Crippen MR) is 113 cm³/mol. The molecule has 27 heavy (non-hydrogen) atoms. The fourth-order valence-corrected chi connectivity index (χ4v) is 3.33. The van der Waals surface area contributed by atoms with Crippen LogP contribution in [0.2, 0.25) is 10.0 Å². The van der Waals surface area contributed by atoms with Crippen molar-refractivity contribution in [3.05, 3.63) is 99.5 Å². The monoisotopic (exact) mass is 398 g/mol. The van der Waals surface area contributed by atoms with E-state index in [4.69, 9.17) is 23.2 Å². The van der Waals surface area contributed by atoms with Crippen LogP contribution in [0.1, 0.15) is 34.5 Å². The summed E-state index contributed by atoms with van der Waals surface area (Å²) in [5, 5.41) is 7.53. The largest absolute Gasteiger partial charge is 0.322 e. The van der Waals surface area contributed by atoms with Crippen LogP contribution in [0.5, 0.6) is 0 Å². The molecule has 3 aromatic carbocycles. The molecule has 2 N–H and O–H groups in total. The summed E-state index contributed by atoms with van der Waals surface area (Å²) >= 11 is 12.3. The van der Waals surface area contributed by atoms with Crippen LogP contribution in [-0.4, -0.2) is 5.91 Å². The first-order chi connectivity index (χ1) is 13.0. The third-order valence-electron chi connectivity index (χ3n) is 4.29. The highest BCUT2D eigenvalue weighted by atomic mass is 35.5. The average molecular weight is 399 g/mol. The number of hydrogen-bond acceptors (Lipinski definition) is 2. The maximum Gasteiger partial charge on any atom is 0.257 e. The Morgan fingerprint density at radius 3 is 2.37 bits per heavy atom. The molecule has 0 saturated heterocycles. The van der Waals surface area contributed by atoms with Gasteiger partial charge in [-0.15, -0.1) is 0 Å². The topological polar surface area (TPSA) is 41.1 Å². The van der Waals surface area contributed by atoms with Crippen LogP contribution in [0.25, 0.3) is 0 Å². The molecule has 0 aliphatic carbocycles. The number of benzene rings is 3. The van der Waals surface area contributed by atoms with E-state index in [1.165, 1.54) is 0 Å². The molecule has 5 heteroatoms. The van der Waals surface area contributed by atoms with Crippen molar-refractivity contribution in [1.29, 1.82) is 0 Å². The fourth-order valence-electron chi connectivity index (χ4n) is 2.81. The molecule has 1 atom stereocenters. The second kappa shape index (κ2) is 9.05. The molecule has 138 valence electrons. The number of anilines is 1. The number of amides is 1. The molecule has 0 fully saturated rings. The molecule has 3 rings (SSSR count). The lowest BCUT2D eigenvalue weighted by atomic mass is 10.1. The van der Waals surface area contributed by atoms with Gasteiger partial charge in [-0.2, -0.15) is 0 Å². The maximum absolute atomic E-state index is 12.4. The molecular formula is C22H20Cl2N2O. The maximum atomic E-state index is 12.4. The van der Waals surface area contributed by atoms with Gasteiger partial charge in [-0.05, 0) is 48.4 Å². The van der Waals surface area contributed by atoms with Crippen LogP contribution >= 0.6 is 23.2 Å². The SMILES string of the molecule is C[C@@H](NCc1cccc(NC(=O)c2ccccc2Cl)c1)c1ccccc1Cl. The van der Waals surface area contributed by atoms with Crippen LogP contribution in [0.4, 0.5) is 5.69 Å². The molecule has 0 aromatic heterocycles. The zero-order valence-corrected chi connectivity index (χ0v) is 16.4. The molecule has 0 unspecified atom stereocenters. The Labute approximate surface area is 169 Å². The summed E-state index contributed by atoms with van der Waals surface area (Å²) in [5.41, 5.74) is 3.30. The smallest absolute Gasteiger partial charge is 0.257 e. The molecule has 0 aliphatic heterocycles. The molecule has 0 heterocycles. The van der Waals surface area contributed by atoms with Crippen LogP contribution in [0.15, 0.2) is 72.8 Å². The van der Waals surface area contributed by atoms with Gasteiger partial charge in [0.15, 0.2) is 0 Å². The minimum Gasteiger partial charge on any atom is -0.322 e. The normalized spacial score (nSPS) is 11.8. The molecule has 0 bridgehead atoms. The molecule has 0 saturated carbocycles. The summed E-state index contributed by atoms with van der Waals surface area (Å²) in [4.78, 5) is 12.4. The second-order valence-electron chi connectivity index (χ2n) is 6.26. The van der Waals surface area contributed by atoms with E-state index in [9.17, 15) is 4.79 Å². The van der Waals surface area contributed by atoms with Crippen molar-refractivity contribution in [1.82, 2.24) is 5.32 Å². The Morgan fingerprint density at radius 1 is 0.926 bits per heavy atom. The highest BCUT2D eigenvalue weighted by molar-refractivity contribution is 6.34. The number of carbonyl (C=O) groups is 1. The number of hydrogen-bond donors (Lipinski definition) is 2. The quantitative estimate of drug-likeness (QED) is 0.526. The molecule has 0 radical (unpaired) electrons. The molecular weight excluding hydrogens is 379 g/mol. The Bertz CT molecular complexity index is 943. The van der Waals surface area contributed by atoms with E-state index in [0.29, 0.717) is 17.1 Å². The Hall–Kier alpha value is -2.33. The standard InChI is InChI=1S/C22H20Cl2N2O/c1-15(18-9-2-4-11-20(18)23)25-14-16-7-6-8-17(13-16)26-22(27)19-10-3-5-12-21(19)24/h2-13,15,25H,14H2,1H3,(H,26,27)/t15-/m1/s1. The van der Waals surface area contributed by atoms with E-state index in [2.05, 4.69) is 17.6 Å². The lowest BCUT2D eigenvalue weighted by Gasteiger charge is -2.16. The molecule has 3 aromatic rings. The zero-order valence-electron chi connectivity index (χ0n) is 14.9. The van der Waals surface area contributed by atoms with Gasteiger partial charge in [-0.1, -0.05) is 65.7 Å². The molecule has 3 nitrogen and oxygen atoms in total. The number of rotatable bonds is 6. The summed E-state index contributed by atoms with van der Waals surface area (Å²) in [5.74, 6) is -0.227. The van der Waals surface area contributed by atoms with Crippen LogP contribution in [0.3, 0.4) is 0 Å². The van der Waals surface area contributed by atoms with E-state index >= 15 is 0 Å². The minimum absolute atomic E-state index is 0.111. The van der Waals surface area contributed by atoms with Crippen molar-refractivity contribution >= 4 is 34.8 Å². The van der Waals surface area contributed by atoms with Gasteiger partial charge in [0.05, 0.1) is 10.6 Å². The lowest BCUT2D eigenvalue weighted by molar-refractivity contribution is 0.102. The fraction of sp³-hybridized carbons (Fsp3) is 0.136. The Morgan fingerprint density at radius 2 is 1.63 bits per heavy atom. The minimum atomic E-state index is -0.227. The summed E-state index contributed by atoms with van der Waals surface area (Å²) in [6.07, 6.45) is 0. The molecule has 0 aliphatic rings. The van der Waals surface area contributed by atoms with Crippen molar-refractivity contribution in [2.45, 2.75) is 19.5 Å². The van der Waals surface area contributed by atoms with Gasteiger partial charge in [0.25, 0.3) is 5.91 Å². The molecule has 1 amide bonds. The van der Waals surface area contributed by atoms with E-state index < -0.39 is 0 Å². The predicted octanol–water partition coefficient (Wildman–Crippen LogP) is 6.10. The third kappa shape index (κ3) is 5.10. The lowest BCUT2D eigenvalue weighted by Crippen LogP contribution is -2.18. The third-order valence-corrected chi connectivity index (χ3v) is 4.96. The van der Waals surface area contributed by atoms with E-state index in [1.54, 1.807) is 24.3 Å². The summed E-state index contributed by atoms with van der Waals surface area (Å²) in [6, 6.07) is 22.6. The van der Waals surface area contributed by atoms with Crippen molar-refractivity contribution in [2.24, 2.45) is 0 Å². The Balaban J connectivity index is 1.65. The van der Waals surface area contributed by atoms with Gasteiger partial charge in [-0.25, -0.2) is 0 Å². The molecule has 0 spiro atoms. The highest BCUT2D eigenvalue weighted by Crippen LogP contribution is 2.23. The van der Waals surface area contributed by atoms with Crippen LogP contribution in [-0.2, 0) is 6.54 Å². The van der Waals surface area contributed by atoms with Crippen LogP contribution < -0.4 is 10.6 Å². The van der Waals surface area contributed by atoms with E-state index in [1.807, 2.05) is 48.5 Å². The first kappa shape index (κ1) is 19.4. The van der Waals surface area contributed by atoms with Gasteiger partial charge in [0.2, 0.25) is 0 Å². The Kier molecular flexibility index (Phi) is 6.51. The summed E-state index contributed by atoms with van der Waals surface area (Å²) in [7, 11) is 0.